The predicted octanol–water partition coefficient (Wildman–Crippen LogP) is 0.992. The molecule has 0 spiro atoms. The molecular weight excluding hydrogens is 196 g/mol. The van der Waals surface area contributed by atoms with E-state index in [-0.39, 0.29) is 6.42 Å². The van der Waals surface area contributed by atoms with Crippen LogP contribution in [-0.2, 0) is 11.2 Å². The molecule has 1 aromatic carbocycles. The number of rotatable bonds is 4. The molecule has 82 valence electrons. The second kappa shape index (κ2) is 4.79. The number of aliphatic hydroxyl groups excluding tert-OH is 1. The van der Waals surface area contributed by atoms with E-state index in [1.54, 1.807) is 19.2 Å². The average Bonchev–Trinajstić information content (AvgIpc) is 2.21. The molecule has 1 unspecified atom stereocenters. The lowest BCUT2D eigenvalue weighted by molar-refractivity contribution is -0.146. The van der Waals surface area contributed by atoms with Crippen molar-refractivity contribution in [1.82, 2.24) is 0 Å². The van der Waals surface area contributed by atoms with Gasteiger partial charge < -0.3 is 14.9 Å². The van der Waals surface area contributed by atoms with Gasteiger partial charge in [-0.05, 0) is 30.2 Å². The Labute approximate surface area is 88.1 Å². The van der Waals surface area contributed by atoms with Gasteiger partial charge >= 0.3 is 5.97 Å². The van der Waals surface area contributed by atoms with Crippen LogP contribution in [-0.4, -0.2) is 29.4 Å². The molecule has 0 saturated heterocycles. The van der Waals surface area contributed by atoms with Crippen molar-refractivity contribution >= 4 is 5.97 Å². The molecule has 1 aromatic rings. The maximum Gasteiger partial charge on any atom is 0.332 e. The van der Waals surface area contributed by atoms with E-state index >= 15 is 0 Å². The molecule has 0 aromatic heterocycles. The van der Waals surface area contributed by atoms with Gasteiger partial charge in [0.1, 0.15) is 5.75 Å². The largest absolute Gasteiger partial charge is 0.497 e. The molecule has 15 heavy (non-hydrogen) atoms. The van der Waals surface area contributed by atoms with Gasteiger partial charge in [0.05, 0.1) is 7.11 Å². The van der Waals surface area contributed by atoms with Crippen molar-refractivity contribution in [2.24, 2.45) is 0 Å². The van der Waals surface area contributed by atoms with Crippen LogP contribution in [0.1, 0.15) is 11.1 Å². The van der Waals surface area contributed by atoms with Gasteiger partial charge in [-0.2, -0.15) is 0 Å². The zero-order chi connectivity index (χ0) is 11.4. The van der Waals surface area contributed by atoms with Gasteiger partial charge in [-0.3, -0.25) is 0 Å². The third-order valence-corrected chi connectivity index (χ3v) is 2.25. The zero-order valence-corrected chi connectivity index (χ0v) is 8.73. The van der Waals surface area contributed by atoms with E-state index in [0.717, 1.165) is 11.1 Å². The van der Waals surface area contributed by atoms with Crippen LogP contribution in [0.5, 0.6) is 5.75 Å². The van der Waals surface area contributed by atoms with Crippen molar-refractivity contribution in [1.29, 1.82) is 0 Å². The van der Waals surface area contributed by atoms with Gasteiger partial charge in [0, 0.05) is 6.42 Å². The highest BCUT2D eigenvalue weighted by Gasteiger charge is 2.15. The normalized spacial score (nSPS) is 12.2. The Morgan fingerprint density at radius 3 is 2.73 bits per heavy atom. The lowest BCUT2D eigenvalue weighted by Crippen LogP contribution is -2.22. The molecule has 4 nitrogen and oxygen atoms in total. The summed E-state index contributed by atoms with van der Waals surface area (Å²) in [5, 5.41) is 17.8. The minimum atomic E-state index is -1.36. The SMILES string of the molecule is COc1ccc(C)c(CC(O)C(=O)O)c1. The molecule has 4 heteroatoms. The van der Waals surface area contributed by atoms with Crippen molar-refractivity contribution in [3.8, 4) is 5.75 Å². The number of carboxylic acid groups (broad SMARTS) is 1. The van der Waals surface area contributed by atoms with Crippen LogP contribution in [0.25, 0.3) is 0 Å². The van der Waals surface area contributed by atoms with Crippen LogP contribution >= 0.6 is 0 Å². The first-order valence-electron chi connectivity index (χ1n) is 4.59. The highest BCUT2D eigenvalue weighted by Crippen LogP contribution is 2.18. The number of methoxy groups -OCH3 is 1. The Morgan fingerprint density at radius 1 is 1.53 bits per heavy atom. The summed E-state index contributed by atoms with van der Waals surface area (Å²) in [7, 11) is 1.54. The third-order valence-electron chi connectivity index (χ3n) is 2.25. The van der Waals surface area contributed by atoms with Gasteiger partial charge in [0.15, 0.2) is 6.10 Å². The van der Waals surface area contributed by atoms with Gasteiger partial charge in [0.2, 0.25) is 0 Å². The van der Waals surface area contributed by atoms with E-state index in [4.69, 9.17) is 9.84 Å². The van der Waals surface area contributed by atoms with Crippen LogP contribution in [0.15, 0.2) is 18.2 Å². The first kappa shape index (κ1) is 11.5. The number of benzene rings is 1. The Kier molecular flexibility index (Phi) is 3.68. The van der Waals surface area contributed by atoms with Crippen molar-refractivity contribution < 1.29 is 19.7 Å². The Hall–Kier alpha value is -1.55. The lowest BCUT2D eigenvalue weighted by Gasteiger charge is -2.10. The van der Waals surface area contributed by atoms with Crippen LogP contribution < -0.4 is 4.74 Å². The maximum absolute atomic E-state index is 10.5. The molecule has 0 aliphatic rings. The number of hydrogen-bond acceptors (Lipinski definition) is 3. The zero-order valence-electron chi connectivity index (χ0n) is 8.73. The highest BCUT2D eigenvalue weighted by molar-refractivity contribution is 5.72. The summed E-state index contributed by atoms with van der Waals surface area (Å²) in [6, 6.07) is 5.37. The Morgan fingerprint density at radius 2 is 2.20 bits per heavy atom. The molecule has 0 bridgehead atoms. The number of carbonyl (C=O) groups is 1. The highest BCUT2D eigenvalue weighted by atomic mass is 16.5. The summed E-state index contributed by atoms with van der Waals surface area (Å²) in [6.07, 6.45) is -1.27. The average molecular weight is 210 g/mol. The Bertz CT molecular complexity index is 360. The van der Waals surface area contributed by atoms with E-state index in [0.29, 0.717) is 5.75 Å². The van der Waals surface area contributed by atoms with Crippen molar-refractivity contribution in [2.45, 2.75) is 19.4 Å². The minimum Gasteiger partial charge on any atom is -0.497 e. The molecule has 1 rings (SSSR count). The summed E-state index contributed by atoms with van der Waals surface area (Å²) in [5.74, 6) is -0.551. The summed E-state index contributed by atoms with van der Waals surface area (Å²) < 4.78 is 5.02. The van der Waals surface area contributed by atoms with Crippen molar-refractivity contribution in [3.63, 3.8) is 0 Å². The van der Waals surface area contributed by atoms with Crippen molar-refractivity contribution in [3.05, 3.63) is 29.3 Å². The van der Waals surface area contributed by atoms with Gasteiger partial charge in [-0.15, -0.1) is 0 Å². The summed E-state index contributed by atoms with van der Waals surface area (Å²) in [5.41, 5.74) is 1.72. The molecule has 0 aliphatic carbocycles. The van der Waals surface area contributed by atoms with Crippen LogP contribution in [0.4, 0.5) is 0 Å². The molecule has 0 amide bonds. The fourth-order valence-electron chi connectivity index (χ4n) is 1.29. The van der Waals surface area contributed by atoms with E-state index < -0.39 is 12.1 Å². The fourth-order valence-corrected chi connectivity index (χ4v) is 1.29. The number of hydrogen-bond donors (Lipinski definition) is 2. The van der Waals surface area contributed by atoms with Gasteiger partial charge in [0.25, 0.3) is 0 Å². The maximum atomic E-state index is 10.5. The monoisotopic (exact) mass is 210 g/mol. The second-order valence-electron chi connectivity index (χ2n) is 3.35. The molecule has 0 fully saturated rings. The standard InChI is InChI=1S/C11H14O4/c1-7-3-4-9(15-2)5-8(7)6-10(12)11(13)14/h3-5,10,12H,6H2,1-2H3,(H,13,14). The number of aryl methyl sites for hydroxylation is 1. The lowest BCUT2D eigenvalue weighted by atomic mass is 10.0. The summed E-state index contributed by atoms with van der Waals surface area (Å²) in [4.78, 5) is 10.5. The third kappa shape index (κ3) is 2.95. The van der Waals surface area contributed by atoms with E-state index in [9.17, 15) is 9.90 Å². The van der Waals surface area contributed by atoms with E-state index in [2.05, 4.69) is 0 Å². The summed E-state index contributed by atoms with van der Waals surface area (Å²) >= 11 is 0. The Balaban J connectivity index is 2.88. The molecular formula is C11H14O4. The smallest absolute Gasteiger partial charge is 0.332 e. The number of aliphatic carboxylic acids is 1. The van der Waals surface area contributed by atoms with E-state index in [1.165, 1.54) is 0 Å². The van der Waals surface area contributed by atoms with Crippen LogP contribution in [0.3, 0.4) is 0 Å². The fraction of sp³-hybridized carbons (Fsp3) is 0.364. The number of carboxylic acids is 1. The minimum absolute atomic E-state index is 0.0956. The molecule has 0 aliphatic heterocycles. The quantitative estimate of drug-likeness (QED) is 0.777. The summed E-state index contributed by atoms with van der Waals surface area (Å²) in [6.45, 7) is 1.86. The molecule has 0 heterocycles. The molecule has 1 atom stereocenters. The van der Waals surface area contributed by atoms with E-state index in [1.807, 2.05) is 13.0 Å². The van der Waals surface area contributed by atoms with Crippen LogP contribution in [0.2, 0.25) is 0 Å². The molecule has 0 saturated carbocycles. The second-order valence-corrected chi connectivity index (χ2v) is 3.35. The number of ether oxygens (including phenoxy) is 1. The molecule has 0 radical (unpaired) electrons. The molecule has 2 N–H and O–H groups in total. The van der Waals surface area contributed by atoms with Crippen molar-refractivity contribution in [2.75, 3.05) is 7.11 Å². The van der Waals surface area contributed by atoms with Gasteiger partial charge in [-0.1, -0.05) is 6.07 Å². The number of aliphatic hydroxyl groups is 1. The predicted molar refractivity (Wildman–Crippen MR) is 55.1 cm³/mol. The van der Waals surface area contributed by atoms with Crippen LogP contribution in [0, 0.1) is 6.92 Å². The van der Waals surface area contributed by atoms with Gasteiger partial charge in [-0.25, -0.2) is 4.79 Å². The first-order chi connectivity index (χ1) is 7.04. The first-order valence-corrected chi connectivity index (χ1v) is 4.59. The topological polar surface area (TPSA) is 66.8 Å².